The molecule has 7 heteroatoms. The molecule has 1 aliphatic rings. The number of nitrogen functional groups attached to an aromatic ring is 1. The van der Waals surface area contributed by atoms with Crippen molar-refractivity contribution >= 4 is 23.8 Å². The summed E-state index contributed by atoms with van der Waals surface area (Å²) in [6.07, 6.45) is -0.477. The van der Waals surface area contributed by atoms with Gasteiger partial charge in [-0.2, -0.15) is 0 Å². The SMILES string of the molecule is CC(C)(C)[Si](C)(C)OC[C@@H]1CS(=O)(=O)c2cc(N)ccc2O1. The van der Waals surface area contributed by atoms with Crippen molar-refractivity contribution < 1.29 is 17.6 Å². The molecule has 0 saturated heterocycles. The van der Waals surface area contributed by atoms with Crippen molar-refractivity contribution in [3.05, 3.63) is 18.2 Å². The Morgan fingerprint density at radius 3 is 2.59 bits per heavy atom. The van der Waals surface area contributed by atoms with Gasteiger partial charge in [-0.05, 0) is 36.3 Å². The molecule has 0 aliphatic carbocycles. The number of ether oxygens (including phenoxy) is 1. The Hall–Kier alpha value is -1.05. The fourth-order valence-electron chi connectivity index (χ4n) is 2.01. The highest BCUT2D eigenvalue weighted by Crippen LogP contribution is 2.37. The van der Waals surface area contributed by atoms with Crippen molar-refractivity contribution in [1.29, 1.82) is 0 Å². The van der Waals surface area contributed by atoms with Gasteiger partial charge >= 0.3 is 0 Å². The lowest BCUT2D eigenvalue weighted by Gasteiger charge is -2.37. The molecule has 0 unspecified atom stereocenters. The van der Waals surface area contributed by atoms with Crippen LogP contribution >= 0.6 is 0 Å². The Balaban J connectivity index is 2.16. The summed E-state index contributed by atoms with van der Waals surface area (Å²) in [5.41, 5.74) is 6.08. The lowest BCUT2D eigenvalue weighted by molar-refractivity contribution is 0.129. The van der Waals surface area contributed by atoms with Gasteiger partial charge in [0.15, 0.2) is 18.2 Å². The molecule has 0 spiro atoms. The summed E-state index contributed by atoms with van der Waals surface area (Å²) in [5.74, 6) is 0.294. The first kappa shape index (κ1) is 17.3. The van der Waals surface area contributed by atoms with E-state index in [-0.39, 0.29) is 15.7 Å². The standard InChI is InChI=1S/C15H25NO4SSi/c1-15(2,3)22(4,5)19-9-12-10-21(17,18)14-8-11(16)6-7-13(14)20-12/h6-8,12H,9-10,16H2,1-5H3/t12-/m1/s1. The third-order valence-electron chi connectivity index (χ3n) is 4.44. The minimum absolute atomic E-state index is 0.0714. The topological polar surface area (TPSA) is 78.6 Å². The number of sulfone groups is 1. The number of benzene rings is 1. The third kappa shape index (κ3) is 3.47. The van der Waals surface area contributed by atoms with Crippen molar-refractivity contribution in [3.8, 4) is 5.75 Å². The van der Waals surface area contributed by atoms with E-state index in [9.17, 15) is 8.42 Å². The number of anilines is 1. The summed E-state index contributed by atoms with van der Waals surface area (Å²) in [7, 11) is -5.32. The molecule has 5 nitrogen and oxygen atoms in total. The van der Waals surface area contributed by atoms with Gasteiger partial charge in [0.1, 0.15) is 16.7 Å². The van der Waals surface area contributed by atoms with Crippen LogP contribution in [0.5, 0.6) is 5.75 Å². The van der Waals surface area contributed by atoms with Gasteiger partial charge in [-0.25, -0.2) is 8.42 Å². The Labute approximate surface area is 133 Å². The van der Waals surface area contributed by atoms with E-state index in [1.165, 1.54) is 6.07 Å². The van der Waals surface area contributed by atoms with Crippen LogP contribution in [0, 0.1) is 0 Å². The van der Waals surface area contributed by atoms with Gasteiger partial charge in [-0.1, -0.05) is 20.8 Å². The van der Waals surface area contributed by atoms with Gasteiger partial charge in [0.25, 0.3) is 0 Å². The molecular weight excluding hydrogens is 318 g/mol. The van der Waals surface area contributed by atoms with Crippen LogP contribution in [-0.4, -0.2) is 35.2 Å². The summed E-state index contributed by atoms with van der Waals surface area (Å²) in [5, 5.41) is 0.0763. The van der Waals surface area contributed by atoms with Crippen molar-refractivity contribution in [1.82, 2.24) is 0 Å². The molecule has 0 bridgehead atoms. The first-order valence-electron chi connectivity index (χ1n) is 7.35. The van der Waals surface area contributed by atoms with E-state index in [1.807, 2.05) is 0 Å². The zero-order chi connectivity index (χ0) is 16.8. The second-order valence-corrected chi connectivity index (χ2v) is 14.1. The Morgan fingerprint density at radius 1 is 1.36 bits per heavy atom. The van der Waals surface area contributed by atoms with Crippen LogP contribution in [0.15, 0.2) is 23.1 Å². The van der Waals surface area contributed by atoms with Crippen LogP contribution in [0.4, 0.5) is 5.69 Å². The first-order chi connectivity index (χ1) is 9.92. The van der Waals surface area contributed by atoms with Crippen LogP contribution in [0.2, 0.25) is 18.1 Å². The van der Waals surface area contributed by atoms with Gasteiger partial charge in [0.05, 0.1) is 12.4 Å². The number of hydrogen-bond donors (Lipinski definition) is 1. The monoisotopic (exact) mass is 343 g/mol. The Morgan fingerprint density at radius 2 is 2.00 bits per heavy atom. The molecule has 0 radical (unpaired) electrons. The highest BCUT2D eigenvalue weighted by atomic mass is 32.2. The minimum Gasteiger partial charge on any atom is -0.486 e. The molecule has 1 heterocycles. The molecule has 124 valence electrons. The molecular formula is C15H25NO4SSi. The predicted octanol–water partition coefficient (Wildman–Crippen LogP) is 2.83. The molecule has 1 aromatic rings. The maximum atomic E-state index is 12.4. The van der Waals surface area contributed by atoms with Crippen LogP contribution in [0.1, 0.15) is 20.8 Å². The summed E-state index contributed by atoms with van der Waals surface area (Å²) in [6.45, 7) is 11.0. The average molecular weight is 344 g/mol. The third-order valence-corrected chi connectivity index (χ3v) is 10.7. The molecule has 0 fully saturated rings. The lowest BCUT2D eigenvalue weighted by atomic mass is 10.2. The van der Waals surface area contributed by atoms with Crippen LogP contribution < -0.4 is 10.5 Å². The molecule has 2 rings (SSSR count). The molecule has 0 aromatic heterocycles. The van der Waals surface area contributed by atoms with Crippen molar-refractivity contribution in [3.63, 3.8) is 0 Å². The summed E-state index contributed by atoms with van der Waals surface area (Å²) >= 11 is 0. The van der Waals surface area contributed by atoms with E-state index in [1.54, 1.807) is 12.1 Å². The number of nitrogens with two attached hydrogens (primary N) is 1. The largest absolute Gasteiger partial charge is 0.486 e. The van der Waals surface area contributed by atoms with Gasteiger partial charge in [-0.3, -0.25) is 0 Å². The van der Waals surface area contributed by atoms with Crippen molar-refractivity contribution in [2.75, 3.05) is 18.1 Å². The fraction of sp³-hybridized carbons (Fsp3) is 0.600. The number of rotatable bonds is 3. The highest BCUT2D eigenvalue weighted by Gasteiger charge is 2.39. The van der Waals surface area contributed by atoms with Crippen LogP contribution in [-0.2, 0) is 14.3 Å². The normalized spacial score (nSPS) is 21.0. The van der Waals surface area contributed by atoms with Gasteiger partial charge in [-0.15, -0.1) is 0 Å². The van der Waals surface area contributed by atoms with Crippen LogP contribution in [0.3, 0.4) is 0 Å². The van der Waals surface area contributed by atoms with E-state index in [0.29, 0.717) is 18.0 Å². The van der Waals surface area contributed by atoms with Crippen LogP contribution in [0.25, 0.3) is 0 Å². The van der Waals surface area contributed by atoms with E-state index in [0.717, 1.165) is 0 Å². The smallest absolute Gasteiger partial charge is 0.192 e. The maximum absolute atomic E-state index is 12.4. The summed E-state index contributed by atoms with van der Waals surface area (Å²) in [6, 6.07) is 4.71. The van der Waals surface area contributed by atoms with Crippen molar-refractivity contribution in [2.45, 2.75) is 49.9 Å². The Bertz CT molecular complexity index is 665. The number of hydrogen-bond acceptors (Lipinski definition) is 5. The summed E-state index contributed by atoms with van der Waals surface area (Å²) in [4.78, 5) is 0.177. The fourth-order valence-corrected chi connectivity index (χ4v) is 4.62. The van der Waals surface area contributed by atoms with E-state index in [2.05, 4.69) is 33.9 Å². The molecule has 0 amide bonds. The van der Waals surface area contributed by atoms with Crippen molar-refractivity contribution in [2.24, 2.45) is 0 Å². The maximum Gasteiger partial charge on any atom is 0.192 e. The van der Waals surface area contributed by atoms with Gasteiger partial charge in [0.2, 0.25) is 0 Å². The van der Waals surface area contributed by atoms with Gasteiger partial charge < -0.3 is 14.9 Å². The lowest BCUT2D eigenvalue weighted by Crippen LogP contribution is -2.45. The summed E-state index contributed by atoms with van der Waals surface area (Å²) < 4.78 is 36.6. The predicted molar refractivity (Wildman–Crippen MR) is 90.5 cm³/mol. The van der Waals surface area contributed by atoms with E-state index < -0.39 is 24.3 Å². The zero-order valence-electron chi connectivity index (χ0n) is 13.8. The van der Waals surface area contributed by atoms with E-state index in [4.69, 9.17) is 14.9 Å². The highest BCUT2D eigenvalue weighted by molar-refractivity contribution is 7.91. The minimum atomic E-state index is -3.39. The number of fused-ring (bicyclic) bond motifs is 1. The molecule has 2 N–H and O–H groups in total. The second-order valence-electron chi connectivity index (χ2n) is 7.30. The Kier molecular flexibility index (Phi) is 4.36. The second kappa shape index (κ2) is 5.54. The average Bonchev–Trinajstić information content (AvgIpc) is 2.35. The molecule has 1 aliphatic heterocycles. The van der Waals surface area contributed by atoms with E-state index >= 15 is 0 Å². The molecule has 1 aromatic carbocycles. The molecule has 0 saturated carbocycles. The first-order valence-corrected chi connectivity index (χ1v) is 11.9. The van der Waals surface area contributed by atoms with Gasteiger partial charge in [0, 0.05) is 5.69 Å². The zero-order valence-corrected chi connectivity index (χ0v) is 15.7. The molecule has 22 heavy (non-hydrogen) atoms. The molecule has 1 atom stereocenters. The quantitative estimate of drug-likeness (QED) is 0.674.